The van der Waals surface area contributed by atoms with Crippen LogP contribution in [0.15, 0.2) is 30.6 Å². The molecule has 0 bridgehead atoms. The monoisotopic (exact) mass is 407 g/mol. The van der Waals surface area contributed by atoms with Crippen LogP contribution in [-0.4, -0.2) is 57.6 Å². The molecule has 2 aliphatic heterocycles. The topological polar surface area (TPSA) is 94.6 Å². The number of rotatable bonds is 4. The van der Waals surface area contributed by atoms with Crippen molar-refractivity contribution in [3.05, 3.63) is 47.5 Å². The van der Waals surface area contributed by atoms with E-state index in [4.69, 9.17) is 15.2 Å². The van der Waals surface area contributed by atoms with Crippen LogP contribution in [0.5, 0.6) is 11.5 Å². The lowest BCUT2D eigenvalue weighted by Gasteiger charge is -2.36. The molecular formula is C21H25N7O2. The number of benzene rings is 1. The highest BCUT2D eigenvalue weighted by Gasteiger charge is 2.23. The van der Waals surface area contributed by atoms with E-state index >= 15 is 0 Å². The van der Waals surface area contributed by atoms with Gasteiger partial charge in [-0.25, -0.2) is 14.6 Å². The second-order valence-electron chi connectivity index (χ2n) is 7.72. The molecule has 0 unspecified atom stereocenters. The predicted molar refractivity (Wildman–Crippen MR) is 113 cm³/mol. The van der Waals surface area contributed by atoms with Crippen LogP contribution in [0.3, 0.4) is 0 Å². The molecule has 0 saturated carbocycles. The van der Waals surface area contributed by atoms with Gasteiger partial charge in [-0.3, -0.25) is 4.90 Å². The largest absolute Gasteiger partial charge is 0.454 e. The van der Waals surface area contributed by atoms with Gasteiger partial charge in [0, 0.05) is 38.4 Å². The van der Waals surface area contributed by atoms with Crippen molar-refractivity contribution in [2.75, 3.05) is 43.6 Å². The number of nitrogens with two attached hydrogens (primary N) is 1. The maximum absolute atomic E-state index is 6.47. The van der Waals surface area contributed by atoms with Crippen LogP contribution < -0.4 is 20.1 Å². The smallest absolute Gasteiger partial charge is 0.231 e. The first-order valence-corrected chi connectivity index (χ1v) is 10.1. The van der Waals surface area contributed by atoms with E-state index in [-0.39, 0.29) is 0 Å². The van der Waals surface area contributed by atoms with Gasteiger partial charge in [-0.15, -0.1) is 0 Å². The van der Waals surface area contributed by atoms with Crippen molar-refractivity contribution < 1.29 is 9.47 Å². The Kier molecular flexibility index (Phi) is 4.66. The van der Waals surface area contributed by atoms with Crippen LogP contribution in [0.2, 0.25) is 0 Å². The first-order valence-electron chi connectivity index (χ1n) is 10.1. The summed E-state index contributed by atoms with van der Waals surface area (Å²) in [7, 11) is 0. The van der Waals surface area contributed by atoms with Gasteiger partial charge >= 0.3 is 0 Å². The average Bonchev–Trinajstić information content (AvgIpc) is 3.34. The van der Waals surface area contributed by atoms with Crippen LogP contribution in [0.4, 0.5) is 11.5 Å². The number of nitrogens with zero attached hydrogens (tertiary/aromatic N) is 6. The highest BCUT2D eigenvalue weighted by molar-refractivity contribution is 5.70. The molecule has 1 fully saturated rings. The van der Waals surface area contributed by atoms with Crippen molar-refractivity contribution in [1.82, 2.24) is 24.6 Å². The Morgan fingerprint density at radius 3 is 2.50 bits per heavy atom. The van der Waals surface area contributed by atoms with E-state index in [1.807, 2.05) is 26.0 Å². The molecule has 9 nitrogen and oxygen atoms in total. The van der Waals surface area contributed by atoms with E-state index < -0.39 is 0 Å². The highest BCUT2D eigenvalue weighted by Crippen LogP contribution is 2.33. The number of nitrogen functional groups attached to an aromatic ring is 1. The lowest BCUT2D eigenvalue weighted by molar-refractivity contribution is 0.174. The fourth-order valence-electron chi connectivity index (χ4n) is 4.06. The number of anilines is 2. The lowest BCUT2D eigenvalue weighted by atomic mass is 10.1. The number of ether oxygens (including phenoxy) is 2. The maximum atomic E-state index is 6.47. The summed E-state index contributed by atoms with van der Waals surface area (Å²) < 4.78 is 12.7. The molecule has 1 aromatic carbocycles. The van der Waals surface area contributed by atoms with E-state index in [1.54, 1.807) is 11.0 Å². The Morgan fingerprint density at radius 1 is 0.967 bits per heavy atom. The molecule has 2 aliphatic rings. The number of hydrogen-bond donors (Lipinski definition) is 1. The van der Waals surface area contributed by atoms with Crippen LogP contribution in [-0.2, 0) is 6.54 Å². The Morgan fingerprint density at radius 2 is 1.73 bits per heavy atom. The van der Waals surface area contributed by atoms with E-state index in [1.165, 1.54) is 5.56 Å². The number of hydrogen-bond acceptors (Lipinski definition) is 8. The fourth-order valence-corrected chi connectivity index (χ4v) is 4.06. The van der Waals surface area contributed by atoms with Gasteiger partial charge < -0.3 is 20.1 Å². The third-order valence-corrected chi connectivity index (χ3v) is 5.57. The zero-order valence-corrected chi connectivity index (χ0v) is 17.2. The minimum atomic E-state index is 0.303. The van der Waals surface area contributed by atoms with Gasteiger partial charge in [-0.05, 0) is 37.6 Å². The molecular weight excluding hydrogens is 382 g/mol. The van der Waals surface area contributed by atoms with Gasteiger partial charge in [0.1, 0.15) is 12.0 Å². The average molecular weight is 407 g/mol. The quantitative estimate of drug-likeness (QED) is 0.701. The van der Waals surface area contributed by atoms with Crippen LogP contribution in [0.25, 0.3) is 5.82 Å². The molecule has 0 aliphatic carbocycles. The molecule has 0 atom stereocenters. The number of aromatic nitrogens is 4. The lowest BCUT2D eigenvalue weighted by Crippen LogP contribution is -2.46. The van der Waals surface area contributed by atoms with Crippen LogP contribution >= 0.6 is 0 Å². The van der Waals surface area contributed by atoms with Gasteiger partial charge in [0.15, 0.2) is 23.1 Å². The number of fused-ring (bicyclic) bond motifs is 1. The van der Waals surface area contributed by atoms with Crippen molar-refractivity contribution in [3.63, 3.8) is 0 Å². The van der Waals surface area contributed by atoms with Crippen molar-refractivity contribution in [2.45, 2.75) is 20.4 Å². The van der Waals surface area contributed by atoms with Crippen molar-refractivity contribution in [1.29, 1.82) is 0 Å². The van der Waals surface area contributed by atoms with E-state index in [9.17, 15) is 0 Å². The van der Waals surface area contributed by atoms with Gasteiger partial charge in [-0.1, -0.05) is 6.07 Å². The van der Waals surface area contributed by atoms with E-state index in [0.717, 1.165) is 61.4 Å². The van der Waals surface area contributed by atoms with E-state index in [0.29, 0.717) is 18.3 Å². The molecule has 9 heteroatoms. The first-order chi connectivity index (χ1) is 14.6. The third kappa shape index (κ3) is 3.41. The van der Waals surface area contributed by atoms with Crippen LogP contribution in [0.1, 0.15) is 17.0 Å². The zero-order valence-electron chi connectivity index (χ0n) is 17.2. The summed E-state index contributed by atoms with van der Waals surface area (Å²) in [6, 6.07) is 8.16. The SMILES string of the molecule is Cc1cc(C)n(-c2ncnc(N3CCN(Cc4ccc5c(c4)OCO5)CC3)c2N)n1. The normalized spacial score (nSPS) is 16.3. The van der Waals surface area contributed by atoms with Gasteiger partial charge in [0.05, 0.1) is 5.69 Å². The second-order valence-corrected chi connectivity index (χ2v) is 7.72. The summed E-state index contributed by atoms with van der Waals surface area (Å²) >= 11 is 0. The van der Waals surface area contributed by atoms with Crippen molar-refractivity contribution >= 4 is 11.5 Å². The standard InChI is InChI=1S/C21H25N7O2/c1-14-9-15(2)28(25-14)21-19(22)20(23-12-24-21)27-7-5-26(6-8-27)11-16-3-4-17-18(10-16)30-13-29-17/h3-4,9-10,12H,5-8,11,13,22H2,1-2H3. The molecule has 0 radical (unpaired) electrons. The molecule has 1 saturated heterocycles. The molecule has 30 heavy (non-hydrogen) atoms. The fraction of sp³-hybridized carbons (Fsp3) is 0.381. The molecule has 0 spiro atoms. The minimum absolute atomic E-state index is 0.303. The molecule has 2 aromatic heterocycles. The summed E-state index contributed by atoms with van der Waals surface area (Å²) in [4.78, 5) is 13.5. The van der Waals surface area contributed by atoms with Crippen molar-refractivity contribution in [2.24, 2.45) is 0 Å². The Bertz CT molecular complexity index is 1070. The van der Waals surface area contributed by atoms with Gasteiger partial charge in [0.2, 0.25) is 6.79 Å². The van der Waals surface area contributed by atoms with Gasteiger partial charge in [0.25, 0.3) is 0 Å². The molecule has 0 amide bonds. The summed E-state index contributed by atoms with van der Waals surface area (Å²) in [5.41, 5.74) is 10.2. The molecule has 4 heterocycles. The third-order valence-electron chi connectivity index (χ3n) is 5.57. The first kappa shape index (κ1) is 18.7. The molecule has 3 aromatic rings. The Balaban J connectivity index is 1.28. The second kappa shape index (κ2) is 7.49. The molecule has 156 valence electrons. The Labute approximate surface area is 175 Å². The summed E-state index contributed by atoms with van der Waals surface area (Å²) in [5, 5.41) is 4.51. The summed E-state index contributed by atoms with van der Waals surface area (Å²) in [6.07, 6.45) is 1.57. The Hall–Kier alpha value is -3.33. The predicted octanol–water partition coefficient (Wildman–Crippen LogP) is 1.91. The number of piperazine rings is 1. The summed E-state index contributed by atoms with van der Waals surface area (Å²) in [5.74, 6) is 3.06. The maximum Gasteiger partial charge on any atom is 0.231 e. The molecule has 5 rings (SSSR count). The summed E-state index contributed by atoms with van der Waals surface area (Å²) in [6.45, 7) is 8.68. The van der Waals surface area contributed by atoms with E-state index in [2.05, 4.69) is 37.0 Å². The van der Waals surface area contributed by atoms with Gasteiger partial charge in [-0.2, -0.15) is 5.10 Å². The highest BCUT2D eigenvalue weighted by atomic mass is 16.7. The minimum Gasteiger partial charge on any atom is -0.454 e. The van der Waals surface area contributed by atoms with Crippen LogP contribution in [0, 0.1) is 13.8 Å². The molecule has 2 N–H and O–H groups in total. The zero-order chi connectivity index (χ0) is 20.7. The number of aryl methyl sites for hydroxylation is 2. The van der Waals surface area contributed by atoms with Crippen molar-refractivity contribution in [3.8, 4) is 17.3 Å².